The third-order valence-electron chi connectivity index (χ3n) is 9.89. The second-order valence-corrected chi connectivity index (χ2v) is 14.5. The molecule has 4 N–H and O–H groups in total. The van der Waals surface area contributed by atoms with E-state index < -0.39 is 6.04 Å². The molecule has 0 unspecified atom stereocenters. The van der Waals surface area contributed by atoms with Crippen molar-refractivity contribution in [3.8, 4) is 0 Å². The summed E-state index contributed by atoms with van der Waals surface area (Å²) in [7, 11) is 0. The molecule has 1 atom stereocenters. The van der Waals surface area contributed by atoms with Gasteiger partial charge in [0.2, 0.25) is 11.8 Å². The van der Waals surface area contributed by atoms with Gasteiger partial charge in [0, 0.05) is 19.5 Å². The fourth-order valence-corrected chi connectivity index (χ4v) is 6.69. The Kier molecular flexibility index (Phi) is 35.9. The van der Waals surface area contributed by atoms with E-state index in [1.807, 2.05) is 4.90 Å². The summed E-state index contributed by atoms with van der Waals surface area (Å²) in [5.41, 5.74) is 11.5. The molecule has 2 amide bonds. The van der Waals surface area contributed by atoms with Gasteiger partial charge in [0.1, 0.15) is 0 Å². The van der Waals surface area contributed by atoms with Crippen molar-refractivity contribution in [2.45, 2.75) is 238 Å². The number of rotatable bonds is 38. The van der Waals surface area contributed by atoms with Gasteiger partial charge in [0.05, 0.1) is 6.04 Å². The lowest BCUT2D eigenvalue weighted by molar-refractivity contribution is -0.133. The van der Waals surface area contributed by atoms with E-state index in [1.54, 1.807) is 0 Å². The predicted molar refractivity (Wildman–Crippen MR) is 202 cm³/mol. The molecule has 0 spiro atoms. The first-order valence-corrected chi connectivity index (χ1v) is 20.9. The molecule has 0 aliphatic carbocycles. The molecule has 0 rings (SSSR count). The highest BCUT2D eigenvalue weighted by Gasteiger charge is 2.21. The summed E-state index contributed by atoms with van der Waals surface area (Å²) in [5.74, 6) is -0.381. The number of primary amides is 1. The van der Waals surface area contributed by atoms with E-state index >= 15 is 0 Å². The predicted octanol–water partition coefficient (Wildman–Crippen LogP) is 11.9. The Balaban J connectivity index is 3.94. The molecule has 0 heterocycles. The Labute approximate surface area is 288 Å². The minimum Gasteiger partial charge on any atom is -0.370 e. The largest absolute Gasteiger partial charge is 0.370 e. The fraction of sp³-hybridized carbons (Fsp3) is 0.951. The van der Waals surface area contributed by atoms with E-state index in [0.29, 0.717) is 6.42 Å². The first-order chi connectivity index (χ1) is 22.5. The van der Waals surface area contributed by atoms with Crippen molar-refractivity contribution in [1.82, 2.24) is 4.90 Å². The van der Waals surface area contributed by atoms with Gasteiger partial charge in [-0.2, -0.15) is 0 Å². The summed E-state index contributed by atoms with van der Waals surface area (Å²) in [6, 6.07) is -0.616. The number of hydrogen-bond donors (Lipinski definition) is 2. The zero-order valence-electron chi connectivity index (χ0n) is 31.5. The average molecular weight is 650 g/mol. The SMILES string of the molecule is CCCCCCCCCCCCCCCCCCN(CCCCCCCCCCCCCCCCCC)C(=O)[C@@H](N)CCC(N)=O. The maximum Gasteiger partial charge on any atom is 0.239 e. The summed E-state index contributed by atoms with van der Waals surface area (Å²) in [6.45, 7) is 6.16. The first-order valence-electron chi connectivity index (χ1n) is 20.9. The van der Waals surface area contributed by atoms with E-state index in [9.17, 15) is 9.59 Å². The van der Waals surface area contributed by atoms with E-state index in [0.717, 1.165) is 25.9 Å². The number of carbonyl (C=O) groups is 2. The third kappa shape index (κ3) is 32.8. The zero-order valence-corrected chi connectivity index (χ0v) is 31.5. The van der Waals surface area contributed by atoms with Crippen molar-refractivity contribution in [3.05, 3.63) is 0 Å². The van der Waals surface area contributed by atoms with Gasteiger partial charge >= 0.3 is 0 Å². The van der Waals surface area contributed by atoms with Crippen LogP contribution in [0.4, 0.5) is 0 Å². The maximum absolute atomic E-state index is 13.1. The van der Waals surface area contributed by atoms with Gasteiger partial charge in [0.25, 0.3) is 0 Å². The van der Waals surface area contributed by atoms with E-state index in [2.05, 4.69) is 13.8 Å². The van der Waals surface area contributed by atoms with Crippen LogP contribution < -0.4 is 11.5 Å². The Morgan fingerprint density at radius 1 is 0.435 bits per heavy atom. The van der Waals surface area contributed by atoms with E-state index in [-0.39, 0.29) is 18.2 Å². The molecule has 0 aromatic heterocycles. The lowest BCUT2D eigenvalue weighted by Crippen LogP contribution is -2.45. The Bertz CT molecular complexity index is 605. The highest BCUT2D eigenvalue weighted by Crippen LogP contribution is 2.16. The van der Waals surface area contributed by atoms with Gasteiger partial charge in [-0.15, -0.1) is 0 Å². The molecule has 0 bridgehead atoms. The Hall–Kier alpha value is -1.10. The Morgan fingerprint density at radius 3 is 0.913 bits per heavy atom. The topological polar surface area (TPSA) is 89.4 Å². The van der Waals surface area contributed by atoms with Gasteiger partial charge in [-0.1, -0.05) is 206 Å². The van der Waals surface area contributed by atoms with Gasteiger partial charge in [0.15, 0.2) is 0 Å². The minimum atomic E-state index is -0.616. The zero-order chi connectivity index (χ0) is 33.8. The molecule has 0 radical (unpaired) electrons. The van der Waals surface area contributed by atoms with Crippen LogP contribution in [0.15, 0.2) is 0 Å². The normalized spacial score (nSPS) is 12.1. The lowest BCUT2D eigenvalue weighted by Gasteiger charge is -2.26. The van der Waals surface area contributed by atoms with E-state index in [4.69, 9.17) is 11.5 Å². The number of carbonyl (C=O) groups excluding carboxylic acids is 2. The summed E-state index contributed by atoms with van der Waals surface area (Å²) >= 11 is 0. The van der Waals surface area contributed by atoms with Crippen molar-refractivity contribution in [1.29, 1.82) is 0 Å². The van der Waals surface area contributed by atoms with Crippen LogP contribution in [0.2, 0.25) is 0 Å². The second-order valence-electron chi connectivity index (χ2n) is 14.5. The van der Waals surface area contributed by atoms with Crippen LogP contribution in [-0.4, -0.2) is 35.8 Å². The molecule has 0 aromatic carbocycles. The van der Waals surface area contributed by atoms with Crippen molar-refractivity contribution >= 4 is 11.8 Å². The molecule has 274 valence electrons. The van der Waals surface area contributed by atoms with Crippen LogP contribution in [0.1, 0.15) is 232 Å². The average Bonchev–Trinajstić information content (AvgIpc) is 3.05. The molecular weight excluding hydrogens is 566 g/mol. The number of hydrogen-bond acceptors (Lipinski definition) is 3. The fourth-order valence-electron chi connectivity index (χ4n) is 6.69. The van der Waals surface area contributed by atoms with Crippen LogP contribution in [0.5, 0.6) is 0 Å². The second kappa shape index (κ2) is 36.7. The van der Waals surface area contributed by atoms with Crippen molar-refractivity contribution in [2.75, 3.05) is 13.1 Å². The van der Waals surface area contributed by atoms with Crippen molar-refractivity contribution in [3.63, 3.8) is 0 Å². The van der Waals surface area contributed by atoms with Gasteiger partial charge < -0.3 is 16.4 Å². The first kappa shape index (κ1) is 44.9. The molecule has 0 fully saturated rings. The molecule has 0 saturated heterocycles. The molecule has 0 aromatic rings. The standard InChI is InChI=1S/C41H83N3O2/c1-3-5-7-9-11-13-15-17-19-21-23-25-27-29-31-33-37-44(41(46)39(42)35-36-40(43)45)38-34-32-30-28-26-24-22-20-18-16-14-12-10-8-6-4-2/h39H,3-38,42H2,1-2H3,(H2,43,45)/t39-/m0/s1. The minimum absolute atomic E-state index is 0.00293. The quantitative estimate of drug-likeness (QED) is 0.0652. The van der Waals surface area contributed by atoms with Crippen LogP contribution >= 0.6 is 0 Å². The summed E-state index contributed by atoms with van der Waals surface area (Å²) < 4.78 is 0. The van der Waals surface area contributed by atoms with Gasteiger partial charge in [-0.25, -0.2) is 0 Å². The maximum atomic E-state index is 13.1. The number of nitrogens with two attached hydrogens (primary N) is 2. The van der Waals surface area contributed by atoms with Gasteiger partial charge in [-0.05, 0) is 19.3 Å². The molecule has 5 heteroatoms. The number of amides is 2. The molecular formula is C41H83N3O2. The van der Waals surface area contributed by atoms with Crippen LogP contribution in [0.25, 0.3) is 0 Å². The Morgan fingerprint density at radius 2 is 0.674 bits per heavy atom. The molecule has 46 heavy (non-hydrogen) atoms. The summed E-state index contributed by atoms with van der Waals surface area (Å²) in [4.78, 5) is 26.3. The third-order valence-corrected chi connectivity index (χ3v) is 9.89. The van der Waals surface area contributed by atoms with Crippen molar-refractivity contribution in [2.24, 2.45) is 11.5 Å². The van der Waals surface area contributed by atoms with E-state index in [1.165, 1.54) is 193 Å². The van der Waals surface area contributed by atoms with Crippen LogP contribution in [-0.2, 0) is 9.59 Å². The molecule has 0 aliphatic rings. The summed E-state index contributed by atoms with van der Waals surface area (Å²) in [6.07, 6.45) is 43.7. The number of nitrogens with zero attached hydrogens (tertiary/aromatic N) is 1. The smallest absolute Gasteiger partial charge is 0.239 e. The summed E-state index contributed by atoms with van der Waals surface area (Å²) in [5, 5.41) is 0. The molecule has 0 saturated carbocycles. The molecule has 0 aliphatic heterocycles. The lowest BCUT2D eigenvalue weighted by atomic mass is 10.0. The highest BCUT2D eigenvalue weighted by atomic mass is 16.2. The monoisotopic (exact) mass is 650 g/mol. The highest BCUT2D eigenvalue weighted by molar-refractivity contribution is 5.82. The van der Waals surface area contributed by atoms with Crippen LogP contribution in [0.3, 0.4) is 0 Å². The molecule has 5 nitrogen and oxygen atoms in total. The van der Waals surface area contributed by atoms with Crippen molar-refractivity contribution < 1.29 is 9.59 Å². The van der Waals surface area contributed by atoms with Gasteiger partial charge in [-0.3, -0.25) is 9.59 Å². The number of unbranched alkanes of at least 4 members (excludes halogenated alkanes) is 30. The van der Waals surface area contributed by atoms with Crippen LogP contribution in [0, 0.1) is 0 Å².